The number of fused-ring (bicyclic) bond motifs is 4. The van der Waals surface area contributed by atoms with Crippen LogP contribution in [0.4, 0.5) is 5.69 Å². The van der Waals surface area contributed by atoms with Gasteiger partial charge in [-0.3, -0.25) is 14.4 Å². The average molecular weight is 469 g/mol. The Labute approximate surface area is 202 Å². The number of carbonyl (C=O) groups is 3. The number of hydrogen-bond acceptors (Lipinski definition) is 6. The van der Waals surface area contributed by atoms with Crippen molar-refractivity contribution in [2.45, 2.75) is 25.2 Å². The Kier molecular flexibility index (Phi) is 4.79. The van der Waals surface area contributed by atoms with E-state index in [1.165, 1.54) is 0 Å². The highest BCUT2D eigenvalue weighted by atomic mass is 16.6. The van der Waals surface area contributed by atoms with Crippen LogP contribution in [0, 0.1) is 18.8 Å². The van der Waals surface area contributed by atoms with Crippen LogP contribution in [0.3, 0.4) is 0 Å². The minimum atomic E-state index is -1.64. The number of ether oxygens (including phenoxy) is 3. The minimum absolute atomic E-state index is 0.314. The molecule has 1 amide bonds. The molecule has 3 aliphatic heterocycles. The first-order chi connectivity index (χ1) is 16.9. The highest BCUT2D eigenvalue weighted by Gasteiger charge is 2.73. The number of esters is 2. The molecule has 3 aliphatic rings. The third-order valence-electron chi connectivity index (χ3n) is 7.23. The molecule has 35 heavy (non-hydrogen) atoms. The Balaban J connectivity index is 1.47. The van der Waals surface area contributed by atoms with E-state index in [9.17, 15) is 14.4 Å². The third kappa shape index (κ3) is 3.04. The normalized spacial score (nSPS) is 26.7. The van der Waals surface area contributed by atoms with Gasteiger partial charge in [-0.2, -0.15) is 0 Å². The maximum atomic E-state index is 14.2. The van der Waals surface area contributed by atoms with Crippen molar-refractivity contribution in [2.75, 3.05) is 12.0 Å². The zero-order valence-electron chi connectivity index (χ0n) is 19.3. The van der Waals surface area contributed by atoms with Crippen LogP contribution in [0.2, 0.25) is 0 Å². The van der Waals surface area contributed by atoms with Gasteiger partial charge in [0.15, 0.2) is 5.60 Å². The molecule has 3 aromatic carbocycles. The van der Waals surface area contributed by atoms with Crippen LogP contribution < -0.4 is 9.64 Å². The van der Waals surface area contributed by atoms with E-state index in [4.69, 9.17) is 14.2 Å². The van der Waals surface area contributed by atoms with Crippen molar-refractivity contribution in [2.24, 2.45) is 11.8 Å². The molecule has 2 fully saturated rings. The minimum Gasteiger partial charge on any atom is -0.497 e. The lowest BCUT2D eigenvalue weighted by Gasteiger charge is -2.27. The quantitative estimate of drug-likeness (QED) is 0.427. The molecular weight excluding hydrogens is 446 g/mol. The number of methoxy groups -OCH3 is 1. The van der Waals surface area contributed by atoms with E-state index in [2.05, 4.69) is 0 Å². The second kappa shape index (κ2) is 7.78. The van der Waals surface area contributed by atoms with Crippen LogP contribution in [-0.4, -0.2) is 25.0 Å². The summed E-state index contributed by atoms with van der Waals surface area (Å²) >= 11 is 0. The highest BCUT2D eigenvalue weighted by molar-refractivity contribution is 6.12. The Bertz CT molecular complexity index is 1350. The van der Waals surface area contributed by atoms with E-state index in [1.54, 1.807) is 42.3 Å². The molecule has 0 unspecified atom stereocenters. The molecule has 1 spiro atoms. The molecular formula is C28H23NO6. The number of amides is 1. The van der Waals surface area contributed by atoms with Crippen molar-refractivity contribution in [3.8, 4) is 5.75 Å². The van der Waals surface area contributed by atoms with Gasteiger partial charge in [0.05, 0.1) is 25.4 Å². The lowest BCUT2D eigenvalue weighted by atomic mass is 9.76. The predicted molar refractivity (Wildman–Crippen MR) is 125 cm³/mol. The molecule has 3 heterocycles. The lowest BCUT2D eigenvalue weighted by molar-refractivity contribution is -0.167. The molecule has 6 rings (SSSR count). The fourth-order valence-electron chi connectivity index (χ4n) is 5.54. The summed E-state index contributed by atoms with van der Waals surface area (Å²) in [5.41, 5.74) is 2.34. The topological polar surface area (TPSA) is 82.1 Å². The largest absolute Gasteiger partial charge is 0.497 e. The van der Waals surface area contributed by atoms with Crippen LogP contribution >= 0.6 is 0 Å². The number of carbonyl (C=O) groups excluding carboxylic acids is 3. The summed E-state index contributed by atoms with van der Waals surface area (Å²) in [5, 5.41) is 0. The van der Waals surface area contributed by atoms with Crippen molar-refractivity contribution in [1.82, 2.24) is 0 Å². The van der Waals surface area contributed by atoms with Gasteiger partial charge in [0.1, 0.15) is 17.6 Å². The van der Waals surface area contributed by atoms with Crippen LogP contribution in [-0.2, 0) is 36.0 Å². The SMILES string of the molecule is COc1ccc([C@@H]2O[C@@]3(C(=O)N(Cc4ccc(C)cc4)c4ccccc43)[C@@H]3C(=O)OC(=O)[C@@H]32)cc1. The maximum absolute atomic E-state index is 14.2. The number of aryl methyl sites for hydroxylation is 1. The average Bonchev–Trinajstić information content (AvgIpc) is 3.47. The highest BCUT2D eigenvalue weighted by Crippen LogP contribution is 2.61. The maximum Gasteiger partial charge on any atom is 0.321 e. The first-order valence-corrected chi connectivity index (χ1v) is 11.5. The van der Waals surface area contributed by atoms with Gasteiger partial charge >= 0.3 is 11.9 Å². The molecule has 0 radical (unpaired) electrons. The lowest BCUT2D eigenvalue weighted by Crippen LogP contribution is -2.46. The summed E-state index contributed by atoms with van der Waals surface area (Å²) in [6, 6.07) is 22.3. The molecule has 0 saturated carbocycles. The number of anilines is 1. The third-order valence-corrected chi connectivity index (χ3v) is 7.23. The number of rotatable bonds is 4. The van der Waals surface area contributed by atoms with E-state index in [0.717, 1.165) is 11.1 Å². The molecule has 2 saturated heterocycles. The number of benzene rings is 3. The van der Waals surface area contributed by atoms with Crippen molar-refractivity contribution < 1.29 is 28.6 Å². The van der Waals surface area contributed by atoms with Gasteiger partial charge < -0.3 is 19.1 Å². The van der Waals surface area contributed by atoms with Gasteiger partial charge in [-0.25, -0.2) is 0 Å². The molecule has 176 valence electrons. The van der Waals surface area contributed by atoms with Crippen molar-refractivity contribution in [3.63, 3.8) is 0 Å². The van der Waals surface area contributed by atoms with Gasteiger partial charge in [0.2, 0.25) is 0 Å². The predicted octanol–water partition coefficient (Wildman–Crippen LogP) is 3.83. The molecule has 0 aromatic heterocycles. The van der Waals surface area contributed by atoms with Crippen molar-refractivity contribution >= 4 is 23.5 Å². The van der Waals surface area contributed by atoms with Crippen molar-refractivity contribution in [3.05, 3.63) is 95.1 Å². The molecule has 0 bridgehead atoms. The Hall–Kier alpha value is -3.97. The summed E-state index contributed by atoms with van der Waals surface area (Å²) in [6.45, 7) is 2.32. The summed E-state index contributed by atoms with van der Waals surface area (Å²) in [7, 11) is 1.57. The molecule has 7 nitrogen and oxygen atoms in total. The van der Waals surface area contributed by atoms with Crippen LogP contribution in [0.1, 0.15) is 28.4 Å². The standard InChI is InChI=1S/C28H23NO6/c1-16-7-9-17(10-8-16)15-29-21-6-4-3-5-20(21)28(27(29)32)23-22(25(30)34-26(23)31)24(35-28)18-11-13-19(33-2)14-12-18/h3-14,22-24H,15H2,1-2H3/t22-,23-,24-,28+/m0/s1. The Morgan fingerprint density at radius 3 is 2.34 bits per heavy atom. The first kappa shape index (κ1) is 21.6. The van der Waals surface area contributed by atoms with Gasteiger partial charge in [-0.05, 0) is 36.2 Å². The van der Waals surface area contributed by atoms with Gasteiger partial charge in [0, 0.05) is 5.56 Å². The molecule has 0 aliphatic carbocycles. The summed E-state index contributed by atoms with van der Waals surface area (Å²) < 4.78 is 16.9. The summed E-state index contributed by atoms with van der Waals surface area (Å²) in [4.78, 5) is 41.7. The summed E-state index contributed by atoms with van der Waals surface area (Å²) in [6.07, 6.45) is -0.818. The van der Waals surface area contributed by atoms with E-state index in [1.807, 2.05) is 49.4 Å². The number of para-hydroxylation sites is 1. The Morgan fingerprint density at radius 1 is 0.914 bits per heavy atom. The van der Waals surface area contributed by atoms with E-state index in [-0.39, 0.29) is 5.91 Å². The molecule has 0 N–H and O–H groups in total. The fourth-order valence-corrected chi connectivity index (χ4v) is 5.54. The summed E-state index contributed by atoms with van der Waals surface area (Å²) in [5.74, 6) is -3.10. The molecule has 3 aromatic rings. The van der Waals surface area contributed by atoms with E-state index in [0.29, 0.717) is 29.1 Å². The van der Waals surface area contributed by atoms with Crippen molar-refractivity contribution in [1.29, 1.82) is 0 Å². The van der Waals surface area contributed by atoms with E-state index < -0.39 is 35.5 Å². The smallest absolute Gasteiger partial charge is 0.321 e. The van der Waals surface area contributed by atoms with Gasteiger partial charge in [0.25, 0.3) is 5.91 Å². The first-order valence-electron chi connectivity index (χ1n) is 11.5. The van der Waals surface area contributed by atoms with Crippen LogP contribution in [0.5, 0.6) is 5.75 Å². The van der Waals surface area contributed by atoms with Crippen LogP contribution in [0.25, 0.3) is 0 Å². The zero-order chi connectivity index (χ0) is 24.3. The van der Waals surface area contributed by atoms with E-state index >= 15 is 0 Å². The van der Waals surface area contributed by atoms with Gasteiger partial charge in [-0.1, -0.05) is 60.2 Å². The second-order valence-electron chi connectivity index (χ2n) is 9.18. The Morgan fingerprint density at radius 2 is 1.63 bits per heavy atom. The number of nitrogens with zero attached hydrogens (tertiary/aromatic N) is 1. The van der Waals surface area contributed by atoms with Gasteiger partial charge in [-0.15, -0.1) is 0 Å². The van der Waals surface area contributed by atoms with Crippen LogP contribution in [0.15, 0.2) is 72.8 Å². The number of cyclic esters (lactones) is 2. The molecule has 4 atom stereocenters. The number of hydrogen-bond donors (Lipinski definition) is 0. The zero-order valence-corrected chi connectivity index (χ0v) is 19.3. The molecule has 7 heteroatoms. The second-order valence-corrected chi connectivity index (χ2v) is 9.18. The fraction of sp³-hybridized carbons (Fsp3) is 0.250. The monoisotopic (exact) mass is 469 g/mol.